The highest BCUT2D eigenvalue weighted by atomic mass is 32.2. The van der Waals surface area contributed by atoms with Crippen molar-refractivity contribution < 1.29 is 22.7 Å². The molecule has 140 valence electrons. The maximum atomic E-state index is 12.4. The van der Waals surface area contributed by atoms with E-state index in [0.717, 1.165) is 5.56 Å². The molecule has 1 N–H and O–H groups in total. The van der Waals surface area contributed by atoms with Crippen LogP contribution in [0.4, 0.5) is 0 Å². The third kappa shape index (κ3) is 4.01. The second-order valence-corrected chi connectivity index (χ2v) is 8.43. The number of carbonyl (C=O) groups is 2. The van der Waals surface area contributed by atoms with E-state index in [4.69, 9.17) is 4.74 Å². The minimum absolute atomic E-state index is 0.0410. The van der Waals surface area contributed by atoms with Gasteiger partial charge in [-0.3, -0.25) is 9.59 Å². The second kappa shape index (κ2) is 7.40. The normalized spacial score (nSPS) is 22.0. The summed E-state index contributed by atoms with van der Waals surface area (Å²) in [5, 5.41) is 8.06. The SMILES string of the molecule is COc1ncccc1CNC(=O)C1=NN([C@H]2CCS(=O)(=O)C2)C(=O)CC1. The predicted molar refractivity (Wildman–Crippen MR) is 93.2 cm³/mol. The number of rotatable bonds is 5. The molecule has 10 heteroatoms. The van der Waals surface area contributed by atoms with Crippen LogP contribution in [-0.4, -0.2) is 60.6 Å². The van der Waals surface area contributed by atoms with Gasteiger partial charge in [-0.2, -0.15) is 5.10 Å². The summed E-state index contributed by atoms with van der Waals surface area (Å²) in [6.45, 7) is 0.209. The lowest BCUT2D eigenvalue weighted by molar-refractivity contribution is -0.133. The van der Waals surface area contributed by atoms with Gasteiger partial charge in [0.1, 0.15) is 5.71 Å². The molecule has 1 aromatic rings. The van der Waals surface area contributed by atoms with E-state index in [9.17, 15) is 18.0 Å². The van der Waals surface area contributed by atoms with Crippen LogP contribution in [0.2, 0.25) is 0 Å². The predicted octanol–water partition coefficient (Wildman–Crippen LogP) is -0.128. The molecule has 0 saturated carbocycles. The lowest BCUT2D eigenvalue weighted by Gasteiger charge is -2.27. The number of hydrogen-bond acceptors (Lipinski definition) is 7. The van der Waals surface area contributed by atoms with Gasteiger partial charge in [-0.25, -0.2) is 18.4 Å². The lowest BCUT2D eigenvalue weighted by Crippen LogP contribution is -2.43. The van der Waals surface area contributed by atoms with Gasteiger partial charge in [0.15, 0.2) is 9.84 Å². The van der Waals surface area contributed by atoms with Crippen molar-refractivity contribution in [2.45, 2.75) is 31.8 Å². The van der Waals surface area contributed by atoms with E-state index in [0.29, 0.717) is 12.3 Å². The molecule has 1 aromatic heterocycles. The topological polar surface area (TPSA) is 118 Å². The summed E-state index contributed by atoms with van der Waals surface area (Å²) < 4.78 is 28.4. The molecule has 0 aromatic carbocycles. The fraction of sp³-hybridized carbons (Fsp3) is 0.500. The molecular weight excluding hydrogens is 360 g/mol. The summed E-state index contributed by atoms with van der Waals surface area (Å²) in [7, 11) is -1.65. The van der Waals surface area contributed by atoms with Gasteiger partial charge >= 0.3 is 0 Å². The molecule has 2 aliphatic heterocycles. The van der Waals surface area contributed by atoms with E-state index < -0.39 is 21.8 Å². The Labute approximate surface area is 151 Å². The summed E-state index contributed by atoms with van der Waals surface area (Å²) in [5.74, 6) is -0.290. The van der Waals surface area contributed by atoms with Crippen molar-refractivity contribution in [1.82, 2.24) is 15.3 Å². The van der Waals surface area contributed by atoms with E-state index >= 15 is 0 Å². The maximum Gasteiger partial charge on any atom is 0.267 e. The maximum absolute atomic E-state index is 12.4. The first kappa shape index (κ1) is 18.3. The number of ether oxygens (including phenoxy) is 1. The smallest absolute Gasteiger partial charge is 0.267 e. The fourth-order valence-corrected chi connectivity index (χ4v) is 4.70. The van der Waals surface area contributed by atoms with Crippen LogP contribution >= 0.6 is 0 Å². The first-order chi connectivity index (χ1) is 12.4. The summed E-state index contributed by atoms with van der Waals surface area (Å²) in [5.41, 5.74) is 0.936. The first-order valence-corrected chi connectivity index (χ1v) is 10.1. The third-order valence-electron chi connectivity index (χ3n) is 4.36. The number of carbonyl (C=O) groups excluding carboxylic acids is 2. The highest BCUT2D eigenvalue weighted by molar-refractivity contribution is 7.91. The molecule has 1 atom stereocenters. The first-order valence-electron chi connectivity index (χ1n) is 8.25. The Bertz CT molecular complexity index is 852. The van der Waals surface area contributed by atoms with Crippen molar-refractivity contribution in [1.29, 1.82) is 0 Å². The number of methoxy groups -OCH3 is 1. The number of nitrogens with one attached hydrogen (secondary N) is 1. The molecule has 1 saturated heterocycles. The number of nitrogens with zero attached hydrogens (tertiary/aromatic N) is 3. The van der Waals surface area contributed by atoms with Crippen LogP contribution in [0.1, 0.15) is 24.8 Å². The highest BCUT2D eigenvalue weighted by Gasteiger charge is 2.37. The Hall–Kier alpha value is -2.49. The van der Waals surface area contributed by atoms with Gasteiger partial charge in [0.05, 0.1) is 24.7 Å². The van der Waals surface area contributed by atoms with Crippen LogP contribution in [0.5, 0.6) is 5.88 Å². The van der Waals surface area contributed by atoms with Crippen LogP contribution in [0.15, 0.2) is 23.4 Å². The third-order valence-corrected chi connectivity index (χ3v) is 6.11. The summed E-state index contributed by atoms with van der Waals surface area (Å²) in [6.07, 6.45) is 2.30. The van der Waals surface area contributed by atoms with Gasteiger partial charge in [0, 0.05) is 31.1 Å². The van der Waals surface area contributed by atoms with E-state index in [-0.39, 0.29) is 42.5 Å². The van der Waals surface area contributed by atoms with E-state index in [1.165, 1.54) is 12.1 Å². The molecule has 0 spiro atoms. The minimum Gasteiger partial charge on any atom is -0.481 e. The molecule has 3 heterocycles. The van der Waals surface area contributed by atoms with Crippen molar-refractivity contribution in [3.05, 3.63) is 23.9 Å². The Kier molecular flexibility index (Phi) is 5.21. The van der Waals surface area contributed by atoms with Crippen LogP contribution in [0, 0.1) is 0 Å². The molecular formula is C16H20N4O5S. The Morgan fingerprint density at radius 2 is 2.23 bits per heavy atom. The average Bonchev–Trinajstić information content (AvgIpc) is 3.00. The highest BCUT2D eigenvalue weighted by Crippen LogP contribution is 2.22. The molecule has 9 nitrogen and oxygen atoms in total. The lowest BCUT2D eigenvalue weighted by atomic mass is 10.1. The van der Waals surface area contributed by atoms with Gasteiger partial charge < -0.3 is 10.1 Å². The molecule has 0 bridgehead atoms. The second-order valence-electron chi connectivity index (χ2n) is 6.20. The van der Waals surface area contributed by atoms with Gasteiger partial charge in [-0.1, -0.05) is 6.07 Å². The van der Waals surface area contributed by atoms with Crippen molar-refractivity contribution in [2.75, 3.05) is 18.6 Å². The molecule has 0 aliphatic carbocycles. The molecule has 2 amide bonds. The summed E-state index contributed by atoms with van der Waals surface area (Å²) in [4.78, 5) is 28.6. The molecule has 3 rings (SSSR count). The van der Waals surface area contributed by atoms with Crippen molar-refractivity contribution in [3.63, 3.8) is 0 Å². The van der Waals surface area contributed by atoms with Crippen LogP contribution < -0.4 is 10.1 Å². The zero-order chi connectivity index (χ0) is 18.7. The Morgan fingerprint density at radius 1 is 1.42 bits per heavy atom. The van der Waals surface area contributed by atoms with Gasteiger partial charge in [0.2, 0.25) is 11.8 Å². The molecule has 0 radical (unpaired) electrons. The average molecular weight is 380 g/mol. The van der Waals surface area contributed by atoms with Gasteiger partial charge in [0.25, 0.3) is 5.91 Å². The number of pyridine rings is 1. The standard InChI is InChI=1S/C16H20N4O5S/c1-25-16-11(3-2-7-17-16)9-18-15(22)13-4-5-14(21)20(19-13)12-6-8-26(23,24)10-12/h2-3,7,12H,4-6,8-10H2,1H3,(H,18,22)/t12-/m0/s1. The van der Waals surface area contributed by atoms with Crippen LogP contribution in [-0.2, 0) is 26.0 Å². The quantitative estimate of drug-likeness (QED) is 0.760. The number of hydrogen-bond donors (Lipinski definition) is 1. The van der Waals surface area contributed by atoms with Crippen molar-refractivity contribution >= 4 is 27.4 Å². The molecule has 2 aliphatic rings. The number of amides is 2. The monoisotopic (exact) mass is 380 g/mol. The van der Waals surface area contributed by atoms with E-state index in [1.54, 1.807) is 18.3 Å². The fourth-order valence-electron chi connectivity index (χ4n) is 3.01. The summed E-state index contributed by atoms with van der Waals surface area (Å²) >= 11 is 0. The number of aromatic nitrogens is 1. The van der Waals surface area contributed by atoms with E-state index in [2.05, 4.69) is 15.4 Å². The van der Waals surface area contributed by atoms with Crippen molar-refractivity contribution in [3.8, 4) is 5.88 Å². The van der Waals surface area contributed by atoms with Crippen LogP contribution in [0.3, 0.4) is 0 Å². The van der Waals surface area contributed by atoms with Crippen molar-refractivity contribution in [2.24, 2.45) is 5.10 Å². The number of hydrazone groups is 1. The van der Waals surface area contributed by atoms with Crippen LogP contribution in [0.25, 0.3) is 0 Å². The molecule has 1 fully saturated rings. The largest absolute Gasteiger partial charge is 0.481 e. The summed E-state index contributed by atoms with van der Waals surface area (Å²) in [6, 6.07) is 3.03. The zero-order valence-electron chi connectivity index (χ0n) is 14.3. The van der Waals surface area contributed by atoms with Gasteiger partial charge in [-0.05, 0) is 12.5 Å². The Morgan fingerprint density at radius 3 is 2.92 bits per heavy atom. The number of sulfone groups is 1. The zero-order valence-corrected chi connectivity index (χ0v) is 15.2. The minimum atomic E-state index is -3.14. The Balaban J connectivity index is 1.68. The molecule has 26 heavy (non-hydrogen) atoms. The van der Waals surface area contributed by atoms with E-state index in [1.807, 2.05) is 0 Å². The molecule has 0 unspecified atom stereocenters. The van der Waals surface area contributed by atoms with Gasteiger partial charge in [-0.15, -0.1) is 0 Å².